The first-order chi connectivity index (χ1) is 15.8. The molecule has 0 bridgehead atoms. The topological polar surface area (TPSA) is 116 Å². The number of nitrogens with two attached hydrogens (primary N) is 1. The second kappa shape index (κ2) is 10.5. The Morgan fingerprint density at radius 3 is 1.76 bits per heavy atom. The average Bonchev–Trinajstić information content (AvgIpc) is 3.30. The monoisotopic (exact) mass is 481 g/mol. The van der Waals surface area contributed by atoms with Crippen molar-refractivity contribution in [2.45, 2.75) is 29.9 Å². The lowest BCUT2D eigenvalue weighted by Gasteiger charge is -2.20. The summed E-state index contributed by atoms with van der Waals surface area (Å²) >= 11 is 0. The molecule has 2 unspecified atom stereocenters. The Morgan fingerprint density at radius 1 is 0.848 bits per heavy atom. The number of hydrogen-bond donors (Lipinski definition) is 1. The fraction of sp³-hybridized carbons (Fsp3) is 0.478. The zero-order chi connectivity index (χ0) is 24.2. The molecule has 1 aliphatic heterocycles. The third kappa shape index (κ3) is 5.29. The van der Waals surface area contributed by atoms with E-state index in [4.69, 9.17) is 34.2 Å². The molecule has 0 amide bonds. The minimum atomic E-state index is -3.59. The highest BCUT2D eigenvalue weighted by Gasteiger charge is 2.32. The Kier molecular flexibility index (Phi) is 7.93. The Hall–Kier alpha value is -2.69. The summed E-state index contributed by atoms with van der Waals surface area (Å²) in [4.78, 5) is 0.0464. The first-order valence-electron chi connectivity index (χ1n) is 10.5. The van der Waals surface area contributed by atoms with Gasteiger partial charge in [-0.2, -0.15) is 0 Å². The van der Waals surface area contributed by atoms with Crippen LogP contribution < -0.4 is 29.4 Å². The van der Waals surface area contributed by atoms with Gasteiger partial charge in [-0.1, -0.05) is 0 Å². The van der Waals surface area contributed by atoms with Crippen molar-refractivity contribution in [1.29, 1.82) is 0 Å². The summed E-state index contributed by atoms with van der Waals surface area (Å²) in [5.74, 6) is 2.08. The van der Waals surface area contributed by atoms with Gasteiger partial charge in [-0.3, -0.25) is 0 Å². The first kappa shape index (κ1) is 24.9. The Morgan fingerprint density at radius 2 is 1.33 bits per heavy atom. The van der Waals surface area contributed by atoms with Crippen molar-refractivity contribution in [3.8, 4) is 28.7 Å². The summed E-state index contributed by atoms with van der Waals surface area (Å²) in [6, 6.07) is 7.07. The van der Waals surface area contributed by atoms with E-state index >= 15 is 0 Å². The summed E-state index contributed by atoms with van der Waals surface area (Å²) < 4.78 is 58.7. The molecule has 0 saturated carbocycles. The van der Waals surface area contributed by atoms with Gasteiger partial charge in [-0.25, -0.2) is 8.42 Å². The number of hydrogen-bond acceptors (Lipinski definition) is 9. The van der Waals surface area contributed by atoms with E-state index in [-0.39, 0.29) is 36.0 Å². The van der Waals surface area contributed by atoms with Gasteiger partial charge < -0.3 is 34.2 Å². The molecule has 2 atom stereocenters. The summed E-state index contributed by atoms with van der Waals surface area (Å²) in [6.07, 6.45) is 1.99. The summed E-state index contributed by atoms with van der Waals surface area (Å²) in [5, 5.41) is 0. The quantitative estimate of drug-likeness (QED) is 0.546. The molecule has 1 fully saturated rings. The zero-order valence-electron chi connectivity index (χ0n) is 19.5. The van der Waals surface area contributed by atoms with Crippen molar-refractivity contribution in [3.63, 3.8) is 0 Å². The maximum atomic E-state index is 12.5. The van der Waals surface area contributed by atoms with Crippen LogP contribution in [0.15, 0.2) is 29.2 Å². The van der Waals surface area contributed by atoms with Crippen molar-refractivity contribution in [2.75, 3.05) is 47.8 Å². The van der Waals surface area contributed by atoms with Gasteiger partial charge in [0.15, 0.2) is 32.8 Å². The standard InChI is InChI=1S/C23H31NO8S/c1-27-18-10-14(11-19(28-2)22(18)30-4)16-6-7-17(32-16)15-12-20(29-3)23(31-9-8-24)21(13-15)33(5,25)26/h10-13,16-17H,6-9,24H2,1-5H3. The van der Waals surface area contributed by atoms with Gasteiger partial charge in [0.25, 0.3) is 0 Å². The molecular weight excluding hydrogens is 450 g/mol. The Balaban J connectivity index is 1.95. The van der Waals surface area contributed by atoms with Gasteiger partial charge in [-0.05, 0) is 48.2 Å². The molecule has 3 rings (SSSR count). The van der Waals surface area contributed by atoms with Crippen LogP contribution in [-0.4, -0.2) is 56.3 Å². The van der Waals surface area contributed by atoms with Crippen molar-refractivity contribution in [1.82, 2.24) is 0 Å². The lowest BCUT2D eigenvalue weighted by atomic mass is 10.0. The number of sulfone groups is 1. The molecule has 1 saturated heterocycles. The van der Waals surface area contributed by atoms with Crippen molar-refractivity contribution in [2.24, 2.45) is 5.73 Å². The normalized spacial score (nSPS) is 18.1. The lowest BCUT2D eigenvalue weighted by molar-refractivity contribution is 0.0435. The van der Waals surface area contributed by atoms with E-state index in [1.54, 1.807) is 33.5 Å². The summed E-state index contributed by atoms with van der Waals surface area (Å²) in [7, 11) is 2.55. The van der Waals surface area contributed by atoms with E-state index < -0.39 is 9.84 Å². The predicted molar refractivity (Wildman–Crippen MR) is 123 cm³/mol. The summed E-state index contributed by atoms with van der Waals surface area (Å²) in [6.45, 7) is 0.414. The van der Waals surface area contributed by atoms with Crippen molar-refractivity contribution in [3.05, 3.63) is 35.4 Å². The van der Waals surface area contributed by atoms with Crippen LogP contribution in [-0.2, 0) is 14.6 Å². The number of ether oxygens (including phenoxy) is 6. The fourth-order valence-electron chi connectivity index (χ4n) is 3.93. The van der Waals surface area contributed by atoms with Crippen LogP contribution in [0, 0.1) is 0 Å². The molecule has 2 aromatic rings. The second-order valence-electron chi connectivity index (χ2n) is 7.61. The molecular formula is C23H31NO8S. The summed E-state index contributed by atoms with van der Waals surface area (Å²) in [5.41, 5.74) is 7.10. The van der Waals surface area contributed by atoms with Crippen LogP contribution in [0.5, 0.6) is 28.7 Å². The first-order valence-corrected chi connectivity index (χ1v) is 12.4. The van der Waals surface area contributed by atoms with E-state index in [0.29, 0.717) is 35.0 Å². The van der Waals surface area contributed by atoms with E-state index in [1.807, 2.05) is 12.1 Å². The van der Waals surface area contributed by atoms with Crippen LogP contribution >= 0.6 is 0 Å². The maximum Gasteiger partial charge on any atom is 0.203 e. The van der Waals surface area contributed by atoms with Crippen LogP contribution in [0.3, 0.4) is 0 Å². The lowest BCUT2D eigenvalue weighted by Crippen LogP contribution is -2.14. The molecule has 2 N–H and O–H groups in total. The number of benzene rings is 2. The number of methoxy groups -OCH3 is 4. The van der Waals surface area contributed by atoms with Gasteiger partial charge in [-0.15, -0.1) is 0 Å². The van der Waals surface area contributed by atoms with Crippen LogP contribution in [0.1, 0.15) is 36.2 Å². The molecule has 182 valence electrons. The van der Waals surface area contributed by atoms with Gasteiger partial charge in [0.2, 0.25) is 5.75 Å². The molecule has 1 heterocycles. The van der Waals surface area contributed by atoms with Crippen LogP contribution in [0.25, 0.3) is 0 Å². The highest BCUT2D eigenvalue weighted by Crippen LogP contribution is 2.47. The van der Waals surface area contributed by atoms with E-state index in [1.165, 1.54) is 7.11 Å². The van der Waals surface area contributed by atoms with E-state index in [2.05, 4.69) is 0 Å². The predicted octanol–water partition coefficient (Wildman–Crippen LogP) is 3.05. The molecule has 0 spiro atoms. The zero-order valence-corrected chi connectivity index (χ0v) is 20.4. The highest BCUT2D eigenvalue weighted by atomic mass is 32.2. The molecule has 9 nitrogen and oxygen atoms in total. The third-order valence-corrected chi connectivity index (χ3v) is 6.58. The van der Waals surface area contributed by atoms with Gasteiger partial charge in [0.05, 0.1) is 40.6 Å². The molecule has 10 heteroatoms. The van der Waals surface area contributed by atoms with Crippen molar-refractivity contribution >= 4 is 9.84 Å². The SMILES string of the molecule is COc1cc(C2CCC(c3cc(OC)c(OCCN)c(S(C)(=O)=O)c3)O2)cc(OC)c1OC. The highest BCUT2D eigenvalue weighted by molar-refractivity contribution is 7.90. The minimum absolute atomic E-state index is 0.0464. The van der Waals surface area contributed by atoms with Gasteiger partial charge in [0.1, 0.15) is 11.5 Å². The van der Waals surface area contributed by atoms with Gasteiger partial charge in [0, 0.05) is 12.8 Å². The Labute approximate surface area is 194 Å². The van der Waals surface area contributed by atoms with Crippen LogP contribution in [0.2, 0.25) is 0 Å². The minimum Gasteiger partial charge on any atom is -0.493 e. The maximum absolute atomic E-state index is 12.5. The molecule has 2 aromatic carbocycles. The Bertz CT molecular complexity index is 1060. The smallest absolute Gasteiger partial charge is 0.203 e. The molecule has 0 aliphatic carbocycles. The van der Waals surface area contributed by atoms with Crippen LogP contribution in [0.4, 0.5) is 0 Å². The fourth-order valence-corrected chi connectivity index (χ4v) is 4.77. The largest absolute Gasteiger partial charge is 0.493 e. The average molecular weight is 482 g/mol. The van der Waals surface area contributed by atoms with Gasteiger partial charge >= 0.3 is 0 Å². The van der Waals surface area contributed by atoms with Crippen molar-refractivity contribution < 1.29 is 36.8 Å². The second-order valence-corrected chi connectivity index (χ2v) is 9.59. The van der Waals surface area contributed by atoms with E-state index in [0.717, 1.165) is 18.2 Å². The molecule has 1 aliphatic rings. The molecule has 33 heavy (non-hydrogen) atoms. The van der Waals surface area contributed by atoms with E-state index in [9.17, 15) is 8.42 Å². The third-order valence-electron chi connectivity index (χ3n) is 5.48. The molecule has 0 radical (unpaired) electrons. The molecule has 0 aromatic heterocycles. The number of rotatable bonds is 10.